The van der Waals surface area contributed by atoms with Crippen LogP contribution in [0.15, 0.2) is 24.4 Å². The number of anilines is 1. The summed E-state index contributed by atoms with van der Waals surface area (Å²) in [6.07, 6.45) is 4.54. The summed E-state index contributed by atoms with van der Waals surface area (Å²) >= 11 is 0. The minimum atomic E-state index is -0.972. The molecule has 104 valence electrons. The van der Waals surface area contributed by atoms with Crippen LogP contribution < -0.4 is 4.90 Å². The van der Waals surface area contributed by atoms with E-state index in [1.54, 1.807) is 18.3 Å². The number of carbonyl (C=O) groups is 1. The fourth-order valence-electron chi connectivity index (χ4n) is 1.55. The van der Waals surface area contributed by atoms with E-state index in [0.29, 0.717) is 13.2 Å². The lowest BCUT2D eigenvalue weighted by Crippen LogP contribution is -2.25. The fourth-order valence-corrected chi connectivity index (χ4v) is 1.55. The van der Waals surface area contributed by atoms with Gasteiger partial charge >= 0.3 is 5.97 Å². The summed E-state index contributed by atoms with van der Waals surface area (Å²) in [6.45, 7) is 5.28. The van der Waals surface area contributed by atoms with Crippen LogP contribution in [0.25, 0.3) is 6.08 Å². The molecule has 0 spiro atoms. The summed E-state index contributed by atoms with van der Waals surface area (Å²) in [6, 6.07) is 3.62. The lowest BCUT2D eigenvalue weighted by atomic mass is 10.2. The van der Waals surface area contributed by atoms with Crippen molar-refractivity contribution in [3.05, 3.63) is 30.0 Å². The van der Waals surface area contributed by atoms with Crippen LogP contribution in [0.4, 0.5) is 5.82 Å². The third kappa shape index (κ3) is 5.52. The Morgan fingerprint density at radius 3 is 2.95 bits per heavy atom. The maximum absolute atomic E-state index is 10.6. The quantitative estimate of drug-likeness (QED) is 0.764. The SMILES string of the molecule is CC(C)OCCN(C)c1ncccc1/C=C/C(=O)O. The number of carboxylic acid groups (broad SMARTS) is 1. The van der Waals surface area contributed by atoms with Crippen molar-refractivity contribution in [3.63, 3.8) is 0 Å². The van der Waals surface area contributed by atoms with Crippen molar-refractivity contribution < 1.29 is 14.6 Å². The van der Waals surface area contributed by atoms with Crippen LogP contribution in [-0.2, 0) is 9.53 Å². The Kier molecular flexibility index (Phi) is 6.02. The van der Waals surface area contributed by atoms with Crippen molar-refractivity contribution in [1.29, 1.82) is 0 Å². The zero-order valence-corrected chi connectivity index (χ0v) is 11.5. The molecule has 1 aromatic rings. The molecule has 1 rings (SSSR count). The molecule has 0 saturated carbocycles. The van der Waals surface area contributed by atoms with Crippen molar-refractivity contribution in [2.45, 2.75) is 20.0 Å². The number of aromatic nitrogens is 1. The van der Waals surface area contributed by atoms with Gasteiger partial charge in [-0.25, -0.2) is 9.78 Å². The molecule has 0 atom stereocenters. The van der Waals surface area contributed by atoms with E-state index in [9.17, 15) is 4.79 Å². The average Bonchev–Trinajstić information content (AvgIpc) is 2.36. The van der Waals surface area contributed by atoms with E-state index < -0.39 is 5.97 Å². The fraction of sp³-hybridized carbons (Fsp3) is 0.429. The van der Waals surface area contributed by atoms with E-state index in [0.717, 1.165) is 17.5 Å². The first kappa shape index (κ1) is 15.2. The summed E-state index contributed by atoms with van der Waals surface area (Å²) in [5.74, 6) is -0.229. The Morgan fingerprint density at radius 2 is 2.32 bits per heavy atom. The first-order chi connectivity index (χ1) is 9.00. The largest absolute Gasteiger partial charge is 0.478 e. The first-order valence-electron chi connectivity index (χ1n) is 6.19. The number of carboxylic acids is 1. The molecule has 0 aliphatic heterocycles. The highest BCUT2D eigenvalue weighted by atomic mass is 16.5. The zero-order valence-electron chi connectivity index (χ0n) is 11.5. The van der Waals surface area contributed by atoms with Gasteiger partial charge < -0.3 is 14.7 Å². The van der Waals surface area contributed by atoms with Gasteiger partial charge in [0.25, 0.3) is 0 Å². The Labute approximate surface area is 113 Å². The van der Waals surface area contributed by atoms with Gasteiger partial charge in [0.05, 0.1) is 12.7 Å². The van der Waals surface area contributed by atoms with Gasteiger partial charge in [-0.2, -0.15) is 0 Å². The molecule has 1 aromatic heterocycles. The zero-order chi connectivity index (χ0) is 14.3. The maximum atomic E-state index is 10.6. The second-order valence-electron chi connectivity index (χ2n) is 4.43. The minimum absolute atomic E-state index is 0.198. The van der Waals surface area contributed by atoms with Gasteiger partial charge in [0.1, 0.15) is 5.82 Å². The smallest absolute Gasteiger partial charge is 0.328 e. The molecule has 5 heteroatoms. The van der Waals surface area contributed by atoms with Crippen LogP contribution in [0.3, 0.4) is 0 Å². The monoisotopic (exact) mass is 264 g/mol. The van der Waals surface area contributed by atoms with Gasteiger partial charge in [-0.1, -0.05) is 0 Å². The second-order valence-corrected chi connectivity index (χ2v) is 4.43. The number of hydrogen-bond donors (Lipinski definition) is 1. The molecule has 1 heterocycles. The van der Waals surface area contributed by atoms with Crippen molar-refractivity contribution in [2.75, 3.05) is 25.1 Å². The molecule has 0 fully saturated rings. The van der Waals surface area contributed by atoms with Gasteiger partial charge in [-0.05, 0) is 32.1 Å². The number of nitrogens with zero attached hydrogens (tertiary/aromatic N) is 2. The van der Waals surface area contributed by atoms with Crippen LogP contribution in [0.2, 0.25) is 0 Å². The lowest BCUT2D eigenvalue weighted by molar-refractivity contribution is -0.131. The molecule has 0 aliphatic carbocycles. The lowest BCUT2D eigenvalue weighted by Gasteiger charge is -2.20. The molecule has 19 heavy (non-hydrogen) atoms. The molecule has 0 bridgehead atoms. The highest BCUT2D eigenvalue weighted by Gasteiger charge is 2.07. The maximum Gasteiger partial charge on any atom is 0.328 e. The van der Waals surface area contributed by atoms with Gasteiger partial charge in [-0.3, -0.25) is 0 Å². The van der Waals surface area contributed by atoms with Crippen molar-refractivity contribution in [2.24, 2.45) is 0 Å². The number of rotatable bonds is 7. The Hall–Kier alpha value is -1.88. The molecule has 0 amide bonds. The van der Waals surface area contributed by atoms with E-state index in [2.05, 4.69) is 4.98 Å². The number of aliphatic carboxylic acids is 1. The van der Waals surface area contributed by atoms with Crippen LogP contribution in [-0.4, -0.2) is 42.4 Å². The Morgan fingerprint density at radius 1 is 1.58 bits per heavy atom. The molecule has 0 aromatic carbocycles. The Bertz CT molecular complexity index is 444. The van der Waals surface area contributed by atoms with Crippen molar-refractivity contribution in [1.82, 2.24) is 4.98 Å². The van der Waals surface area contributed by atoms with E-state index >= 15 is 0 Å². The summed E-state index contributed by atoms with van der Waals surface area (Å²) in [7, 11) is 1.91. The summed E-state index contributed by atoms with van der Waals surface area (Å²) in [5, 5.41) is 8.67. The van der Waals surface area contributed by atoms with Gasteiger partial charge in [0.15, 0.2) is 0 Å². The van der Waals surface area contributed by atoms with Gasteiger partial charge in [0.2, 0.25) is 0 Å². The predicted octanol–water partition coefficient (Wildman–Crippen LogP) is 2.04. The summed E-state index contributed by atoms with van der Waals surface area (Å²) < 4.78 is 5.49. The predicted molar refractivity (Wildman–Crippen MR) is 75.3 cm³/mol. The minimum Gasteiger partial charge on any atom is -0.478 e. The first-order valence-corrected chi connectivity index (χ1v) is 6.19. The normalized spacial score (nSPS) is 11.2. The molecule has 1 N–H and O–H groups in total. The number of hydrogen-bond acceptors (Lipinski definition) is 4. The molecule has 0 aliphatic rings. The third-order valence-corrected chi connectivity index (χ3v) is 2.46. The Balaban J connectivity index is 2.73. The number of likely N-dealkylation sites (N-methyl/N-ethyl adjacent to an activating group) is 1. The van der Waals surface area contributed by atoms with Crippen molar-refractivity contribution in [3.8, 4) is 0 Å². The van der Waals surface area contributed by atoms with Gasteiger partial charge in [0, 0.05) is 31.4 Å². The summed E-state index contributed by atoms with van der Waals surface area (Å²) in [5.41, 5.74) is 0.775. The summed E-state index contributed by atoms with van der Waals surface area (Å²) in [4.78, 5) is 16.8. The van der Waals surface area contributed by atoms with E-state index in [-0.39, 0.29) is 6.10 Å². The van der Waals surface area contributed by atoms with Crippen LogP contribution >= 0.6 is 0 Å². The molecular formula is C14H20N2O3. The van der Waals surface area contributed by atoms with E-state index in [1.165, 1.54) is 0 Å². The molecule has 0 saturated heterocycles. The molecular weight excluding hydrogens is 244 g/mol. The van der Waals surface area contributed by atoms with Crippen LogP contribution in [0.1, 0.15) is 19.4 Å². The number of ether oxygens (including phenoxy) is 1. The standard InChI is InChI=1S/C14H20N2O3/c1-11(2)19-10-9-16(3)14-12(5-4-8-15-14)6-7-13(17)18/h4-8,11H,9-10H2,1-3H3,(H,17,18)/b7-6+. The highest BCUT2D eigenvalue weighted by molar-refractivity contribution is 5.86. The third-order valence-electron chi connectivity index (χ3n) is 2.46. The second kappa shape index (κ2) is 7.53. The topological polar surface area (TPSA) is 62.7 Å². The van der Waals surface area contributed by atoms with Crippen LogP contribution in [0.5, 0.6) is 0 Å². The van der Waals surface area contributed by atoms with Crippen molar-refractivity contribution >= 4 is 17.9 Å². The molecule has 5 nitrogen and oxygen atoms in total. The molecule has 0 radical (unpaired) electrons. The molecule has 0 unspecified atom stereocenters. The van der Waals surface area contributed by atoms with Gasteiger partial charge in [-0.15, -0.1) is 0 Å². The van der Waals surface area contributed by atoms with Crippen LogP contribution in [0, 0.1) is 0 Å². The average molecular weight is 264 g/mol. The van der Waals surface area contributed by atoms with E-state index in [1.807, 2.05) is 31.9 Å². The number of pyridine rings is 1. The highest BCUT2D eigenvalue weighted by Crippen LogP contribution is 2.17. The van der Waals surface area contributed by atoms with E-state index in [4.69, 9.17) is 9.84 Å².